The summed E-state index contributed by atoms with van der Waals surface area (Å²) in [6.07, 6.45) is 0. The molecule has 0 saturated carbocycles. The largest absolute Gasteiger partial charge is 0.322 e. The Labute approximate surface area is 111 Å². The first-order chi connectivity index (χ1) is 8.95. The predicted octanol–water partition coefficient (Wildman–Crippen LogP) is 4.01. The molecule has 0 aliphatic carbocycles. The molecule has 0 heterocycles. The molecule has 0 unspecified atom stereocenters. The molecule has 0 saturated heterocycles. The summed E-state index contributed by atoms with van der Waals surface area (Å²) in [5.41, 5.74) is -0.0457. The molecule has 2 aromatic carbocycles. The first kappa shape index (κ1) is 13.4. The van der Waals surface area contributed by atoms with Crippen LogP contribution in [0.15, 0.2) is 36.4 Å². The summed E-state index contributed by atoms with van der Waals surface area (Å²) in [7, 11) is 0. The fraction of sp³-hybridized carbons (Fsp3) is 0. The van der Waals surface area contributed by atoms with E-state index in [-0.39, 0.29) is 16.3 Å². The van der Waals surface area contributed by atoms with E-state index in [2.05, 4.69) is 5.32 Å². The average Bonchev–Trinajstić information content (AvgIpc) is 2.26. The lowest BCUT2D eigenvalue weighted by atomic mass is 10.2. The molecular formula is C13H7ClF3NO. The van der Waals surface area contributed by atoms with Crippen molar-refractivity contribution in [2.24, 2.45) is 0 Å². The smallest absolute Gasteiger partial charge is 0.257 e. The maximum absolute atomic E-state index is 12.9. The van der Waals surface area contributed by atoms with Crippen molar-refractivity contribution in [2.45, 2.75) is 0 Å². The summed E-state index contributed by atoms with van der Waals surface area (Å²) >= 11 is 5.70. The van der Waals surface area contributed by atoms with Gasteiger partial charge in [0.2, 0.25) is 0 Å². The number of anilines is 1. The van der Waals surface area contributed by atoms with Gasteiger partial charge >= 0.3 is 0 Å². The van der Waals surface area contributed by atoms with Crippen LogP contribution in [0, 0.1) is 17.5 Å². The highest BCUT2D eigenvalue weighted by atomic mass is 35.5. The number of carbonyl (C=O) groups excluding carboxylic acids is 1. The zero-order valence-electron chi connectivity index (χ0n) is 9.38. The summed E-state index contributed by atoms with van der Waals surface area (Å²) in [6, 6.07) is 5.82. The summed E-state index contributed by atoms with van der Waals surface area (Å²) in [4.78, 5) is 11.8. The normalized spacial score (nSPS) is 10.3. The van der Waals surface area contributed by atoms with Crippen LogP contribution in [0.25, 0.3) is 0 Å². The van der Waals surface area contributed by atoms with Crippen molar-refractivity contribution < 1.29 is 18.0 Å². The van der Waals surface area contributed by atoms with Gasteiger partial charge in [-0.15, -0.1) is 0 Å². The van der Waals surface area contributed by atoms with Crippen molar-refractivity contribution in [1.29, 1.82) is 0 Å². The van der Waals surface area contributed by atoms with Gasteiger partial charge in [-0.1, -0.05) is 11.6 Å². The van der Waals surface area contributed by atoms with Crippen LogP contribution >= 0.6 is 11.6 Å². The fourth-order valence-electron chi connectivity index (χ4n) is 1.50. The minimum atomic E-state index is -0.819. The SMILES string of the molecule is O=C(Nc1cc(F)cc(F)c1)c1ccc(F)cc1Cl. The number of benzene rings is 2. The highest BCUT2D eigenvalue weighted by Crippen LogP contribution is 2.20. The molecule has 2 aromatic rings. The van der Waals surface area contributed by atoms with E-state index in [9.17, 15) is 18.0 Å². The summed E-state index contributed by atoms with van der Waals surface area (Å²) < 4.78 is 38.7. The molecule has 1 N–H and O–H groups in total. The first-order valence-corrected chi connectivity index (χ1v) is 5.56. The quantitative estimate of drug-likeness (QED) is 0.887. The van der Waals surface area contributed by atoms with Crippen LogP contribution in [-0.4, -0.2) is 5.91 Å². The van der Waals surface area contributed by atoms with Gasteiger partial charge in [-0.2, -0.15) is 0 Å². The van der Waals surface area contributed by atoms with Gasteiger partial charge in [-0.3, -0.25) is 4.79 Å². The maximum Gasteiger partial charge on any atom is 0.257 e. The standard InChI is InChI=1S/C13H7ClF3NO/c14-12-6-7(15)1-2-11(12)13(19)18-10-4-8(16)3-9(17)5-10/h1-6H,(H,18,19). The second-order valence-electron chi connectivity index (χ2n) is 3.74. The molecule has 0 radical (unpaired) electrons. The lowest BCUT2D eigenvalue weighted by molar-refractivity contribution is 0.102. The van der Waals surface area contributed by atoms with E-state index >= 15 is 0 Å². The molecule has 0 aliphatic heterocycles. The molecule has 0 aliphatic rings. The van der Waals surface area contributed by atoms with Gasteiger partial charge in [-0.05, 0) is 30.3 Å². The van der Waals surface area contributed by atoms with Crippen molar-refractivity contribution in [3.8, 4) is 0 Å². The van der Waals surface area contributed by atoms with Gasteiger partial charge < -0.3 is 5.32 Å². The molecule has 98 valence electrons. The van der Waals surface area contributed by atoms with Crippen LogP contribution in [0.1, 0.15) is 10.4 Å². The highest BCUT2D eigenvalue weighted by Gasteiger charge is 2.12. The lowest BCUT2D eigenvalue weighted by Gasteiger charge is -2.07. The van der Waals surface area contributed by atoms with Crippen LogP contribution in [0.5, 0.6) is 0 Å². The Bertz CT molecular complexity index is 626. The van der Waals surface area contributed by atoms with Crippen LogP contribution < -0.4 is 5.32 Å². The molecule has 0 spiro atoms. The first-order valence-electron chi connectivity index (χ1n) is 5.18. The third-order valence-corrected chi connectivity index (χ3v) is 2.61. The van der Waals surface area contributed by atoms with Crippen LogP contribution in [0.2, 0.25) is 5.02 Å². The number of amides is 1. The van der Waals surface area contributed by atoms with E-state index in [0.717, 1.165) is 24.3 Å². The summed E-state index contributed by atoms with van der Waals surface area (Å²) in [6.45, 7) is 0. The molecule has 2 nitrogen and oxygen atoms in total. The number of carbonyl (C=O) groups is 1. The van der Waals surface area contributed by atoms with Crippen molar-refractivity contribution in [2.75, 3.05) is 5.32 Å². The fourth-order valence-corrected chi connectivity index (χ4v) is 1.75. The number of hydrogen-bond acceptors (Lipinski definition) is 1. The Kier molecular flexibility index (Phi) is 3.76. The van der Waals surface area contributed by atoms with E-state index in [0.29, 0.717) is 6.07 Å². The zero-order chi connectivity index (χ0) is 14.0. The molecular weight excluding hydrogens is 279 g/mol. The zero-order valence-corrected chi connectivity index (χ0v) is 10.1. The second kappa shape index (κ2) is 5.32. The Morgan fingerprint density at radius 3 is 2.16 bits per heavy atom. The van der Waals surface area contributed by atoms with E-state index in [4.69, 9.17) is 11.6 Å². The van der Waals surface area contributed by atoms with Crippen LogP contribution in [0.3, 0.4) is 0 Å². The summed E-state index contributed by atoms with van der Waals surface area (Å²) in [5.74, 6) is -2.91. The molecule has 1 amide bonds. The molecule has 6 heteroatoms. The number of halogens is 4. The van der Waals surface area contributed by atoms with Gasteiger partial charge in [-0.25, -0.2) is 13.2 Å². The van der Waals surface area contributed by atoms with E-state index in [1.165, 1.54) is 6.07 Å². The van der Waals surface area contributed by atoms with E-state index in [1.807, 2.05) is 0 Å². The Balaban J connectivity index is 2.25. The molecule has 19 heavy (non-hydrogen) atoms. The maximum atomic E-state index is 12.9. The van der Waals surface area contributed by atoms with Crippen LogP contribution in [-0.2, 0) is 0 Å². The van der Waals surface area contributed by atoms with E-state index < -0.39 is 23.4 Å². The van der Waals surface area contributed by atoms with Gasteiger partial charge in [0.05, 0.1) is 10.6 Å². The van der Waals surface area contributed by atoms with Crippen molar-refractivity contribution in [3.63, 3.8) is 0 Å². The van der Waals surface area contributed by atoms with Crippen molar-refractivity contribution in [1.82, 2.24) is 0 Å². The number of rotatable bonds is 2. The Hall–Kier alpha value is -2.01. The van der Waals surface area contributed by atoms with Crippen LogP contribution in [0.4, 0.5) is 18.9 Å². The Morgan fingerprint density at radius 1 is 0.947 bits per heavy atom. The third kappa shape index (κ3) is 3.26. The second-order valence-corrected chi connectivity index (χ2v) is 4.14. The number of hydrogen-bond donors (Lipinski definition) is 1. The Morgan fingerprint density at radius 2 is 1.58 bits per heavy atom. The molecule has 0 atom stereocenters. The van der Waals surface area contributed by atoms with Gasteiger partial charge in [0.25, 0.3) is 5.91 Å². The van der Waals surface area contributed by atoms with Gasteiger partial charge in [0, 0.05) is 11.8 Å². The topological polar surface area (TPSA) is 29.1 Å². The molecule has 0 fully saturated rings. The molecule has 0 aromatic heterocycles. The van der Waals surface area contributed by atoms with Gasteiger partial charge in [0.1, 0.15) is 17.5 Å². The lowest BCUT2D eigenvalue weighted by Crippen LogP contribution is -2.13. The minimum Gasteiger partial charge on any atom is -0.322 e. The minimum absolute atomic E-state index is 0.00716. The van der Waals surface area contributed by atoms with Gasteiger partial charge in [0.15, 0.2) is 0 Å². The monoisotopic (exact) mass is 285 g/mol. The van der Waals surface area contributed by atoms with Crippen molar-refractivity contribution >= 4 is 23.2 Å². The average molecular weight is 286 g/mol. The third-order valence-electron chi connectivity index (χ3n) is 2.30. The van der Waals surface area contributed by atoms with E-state index in [1.54, 1.807) is 0 Å². The number of nitrogens with one attached hydrogen (secondary N) is 1. The molecule has 0 bridgehead atoms. The molecule has 2 rings (SSSR count). The van der Waals surface area contributed by atoms with Crippen molar-refractivity contribution in [3.05, 3.63) is 64.4 Å². The predicted molar refractivity (Wildman–Crippen MR) is 65.7 cm³/mol. The highest BCUT2D eigenvalue weighted by molar-refractivity contribution is 6.34. The summed E-state index contributed by atoms with van der Waals surface area (Å²) in [5, 5.41) is 2.19.